The maximum Gasteiger partial charge on any atom is 0.340 e. The lowest BCUT2D eigenvalue weighted by atomic mass is 10.2. The van der Waals surface area contributed by atoms with E-state index in [0.717, 1.165) is 4.90 Å². The average molecular weight is 316 g/mol. The Morgan fingerprint density at radius 2 is 1.95 bits per heavy atom. The van der Waals surface area contributed by atoms with Crippen molar-refractivity contribution in [2.24, 2.45) is 0 Å². The number of amides is 1. The van der Waals surface area contributed by atoms with Gasteiger partial charge in [-0.05, 0) is 45.2 Å². The predicted molar refractivity (Wildman–Crippen MR) is 81.4 cm³/mol. The SMILES string of the molecule is CSc1ccc(Cl)c(C(=O)OC(C)C(=O)NC(C)C)c1. The molecule has 0 saturated carbocycles. The molecule has 1 amide bonds. The Kier molecular flexibility index (Phi) is 6.36. The third-order valence-electron chi connectivity index (χ3n) is 2.48. The van der Waals surface area contributed by atoms with E-state index in [1.165, 1.54) is 18.7 Å². The number of hydrogen-bond acceptors (Lipinski definition) is 4. The predicted octanol–water partition coefficient (Wildman–Crippen LogP) is 3.13. The summed E-state index contributed by atoms with van der Waals surface area (Å²) in [6, 6.07) is 5.11. The lowest BCUT2D eigenvalue weighted by Crippen LogP contribution is -2.39. The minimum atomic E-state index is -0.862. The van der Waals surface area contributed by atoms with E-state index >= 15 is 0 Å². The molecule has 20 heavy (non-hydrogen) atoms. The molecule has 0 radical (unpaired) electrons. The number of esters is 1. The van der Waals surface area contributed by atoms with Crippen LogP contribution in [0, 0.1) is 0 Å². The van der Waals surface area contributed by atoms with Gasteiger partial charge in [0.1, 0.15) is 0 Å². The number of nitrogens with one attached hydrogen (secondary N) is 1. The van der Waals surface area contributed by atoms with E-state index in [9.17, 15) is 9.59 Å². The molecule has 1 aromatic rings. The van der Waals surface area contributed by atoms with E-state index < -0.39 is 12.1 Å². The highest BCUT2D eigenvalue weighted by molar-refractivity contribution is 7.98. The van der Waals surface area contributed by atoms with Crippen molar-refractivity contribution in [2.45, 2.75) is 37.8 Å². The van der Waals surface area contributed by atoms with Gasteiger partial charge in [0, 0.05) is 10.9 Å². The third-order valence-corrected chi connectivity index (χ3v) is 3.53. The van der Waals surface area contributed by atoms with Crippen molar-refractivity contribution in [2.75, 3.05) is 6.26 Å². The summed E-state index contributed by atoms with van der Waals surface area (Å²) < 4.78 is 5.13. The molecule has 1 aromatic carbocycles. The van der Waals surface area contributed by atoms with Crippen LogP contribution in [0.15, 0.2) is 23.1 Å². The van der Waals surface area contributed by atoms with E-state index in [4.69, 9.17) is 16.3 Å². The summed E-state index contributed by atoms with van der Waals surface area (Å²) in [7, 11) is 0. The number of halogens is 1. The van der Waals surface area contributed by atoms with Crippen molar-refractivity contribution in [3.63, 3.8) is 0 Å². The maximum absolute atomic E-state index is 12.0. The number of carbonyl (C=O) groups excluding carboxylic acids is 2. The first-order valence-electron chi connectivity index (χ1n) is 6.20. The van der Waals surface area contributed by atoms with Gasteiger partial charge in [0.25, 0.3) is 5.91 Å². The quantitative estimate of drug-likeness (QED) is 0.670. The smallest absolute Gasteiger partial charge is 0.340 e. The fraction of sp³-hybridized carbons (Fsp3) is 0.429. The molecule has 0 aromatic heterocycles. The molecule has 0 aliphatic carbocycles. The molecule has 0 bridgehead atoms. The van der Waals surface area contributed by atoms with Crippen LogP contribution < -0.4 is 5.32 Å². The van der Waals surface area contributed by atoms with Crippen LogP contribution in [0.4, 0.5) is 0 Å². The second-order valence-corrected chi connectivity index (χ2v) is 5.84. The number of carbonyl (C=O) groups is 2. The summed E-state index contributed by atoms with van der Waals surface area (Å²) in [5.74, 6) is -0.928. The zero-order valence-electron chi connectivity index (χ0n) is 11.9. The van der Waals surface area contributed by atoms with Gasteiger partial charge in [0.05, 0.1) is 10.6 Å². The van der Waals surface area contributed by atoms with Crippen LogP contribution in [-0.4, -0.2) is 30.3 Å². The zero-order chi connectivity index (χ0) is 15.3. The molecule has 0 spiro atoms. The van der Waals surface area contributed by atoms with Gasteiger partial charge in [-0.2, -0.15) is 0 Å². The molecule has 0 aliphatic rings. The molecule has 110 valence electrons. The van der Waals surface area contributed by atoms with Crippen LogP contribution in [0.3, 0.4) is 0 Å². The number of thioether (sulfide) groups is 1. The standard InChI is InChI=1S/C14H18ClNO3S/c1-8(2)16-13(17)9(3)19-14(18)11-7-10(20-4)5-6-12(11)15/h5-9H,1-4H3,(H,16,17). The van der Waals surface area contributed by atoms with Crippen LogP contribution in [0.25, 0.3) is 0 Å². The van der Waals surface area contributed by atoms with Crippen LogP contribution in [0.2, 0.25) is 5.02 Å². The Bertz CT molecular complexity index is 505. The molecule has 0 saturated heterocycles. The molecule has 1 rings (SSSR count). The summed E-state index contributed by atoms with van der Waals surface area (Å²) in [5.41, 5.74) is 0.266. The van der Waals surface area contributed by atoms with Crippen molar-refractivity contribution in [3.05, 3.63) is 28.8 Å². The van der Waals surface area contributed by atoms with Crippen molar-refractivity contribution in [1.82, 2.24) is 5.32 Å². The highest BCUT2D eigenvalue weighted by Crippen LogP contribution is 2.24. The fourth-order valence-electron chi connectivity index (χ4n) is 1.47. The monoisotopic (exact) mass is 315 g/mol. The molecule has 4 nitrogen and oxygen atoms in total. The van der Waals surface area contributed by atoms with Gasteiger partial charge in [0.15, 0.2) is 6.10 Å². The molecular formula is C14H18ClNO3S. The normalized spacial score (nSPS) is 12.1. The molecule has 1 N–H and O–H groups in total. The Labute approximate surface area is 128 Å². The maximum atomic E-state index is 12.0. The minimum Gasteiger partial charge on any atom is -0.449 e. The van der Waals surface area contributed by atoms with E-state index in [-0.39, 0.29) is 17.5 Å². The number of benzene rings is 1. The first kappa shape index (κ1) is 16.9. The molecule has 0 fully saturated rings. The third kappa shape index (κ3) is 4.72. The summed E-state index contributed by atoms with van der Waals surface area (Å²) >= 11 is 7.48. The fourth-order valence-corrected chi connectivity index (χ4v) is 2.10. The highest BCUT2D eigenvalue weighted by atomic mass is 35.5. The molecule has 0 heterocycles. The van der Waals surface area contributed by atoms with Crippen molar-refractivity contribution in [3.8, 4) is 0 Å². The second kappa shape index (κ2) is 7.55. The number of rotatable bonds is 5. The Morgan fingerprint density at radius 3 is 2.50 bits per heavy atom. The Balaban J connectivity index is 2.78. The topological polar surface area (TPSA) is 55.4 Å². The average Bonchev–Trinajstić information content (AvgIpc) is 2.38. The Hall–Kier alpha value is -1.20. The molecule has 1 unspecified atom stereocenters. The highest BCUT2D eigenvalue weighted by Gasteiger charge is 2.21. The van der Waals surface area contributed by atoms with Gasteiger partial charge >= 0.3 is 5.97 Å². The summed E-state index contributed by atoms with van der Waals surface area (Å²) in [6.07, 6.45) is 1.04. The van der Waals surface area contributed by atoms with Crippen LogP contribution in [-0.2, 0) is 9.53 Å². The van der Waals surface area contributed by atoms with Gasteiger partial charge in [0.2, 0.25) is 0 Å². The van der Waals surface area contributed by atoms with E-state index in [0.29, 0.717) is 5.02 Å². The van der Waals surface area contributed by atoms with Gasteiger partial charge in [-0.25, -0.2) is 4.79 Å². The first-order chi connectivity index (χ1) is 9.35. The zero-order valence-corrected chi connectivity index (χ0v) is 13.5. The molecular weight excluding hydrogens is 298 g/mol. The molecule has 1 atom stereocenters. The van der Waals surface area contributed by atoms with Gasteiger partial charge in [-0.3, -0.25) is 4.79 Å². The van der Waals surface area contributed by atoms with Gasteiger partial charge in [-0.15, -0.1) is 11.8 Å². The largest absolute Gasteiger partial charge is 0.449 e. The Morgan fingerprint density at radius 1 is 1.30 bits per heavy atom. The van der Waals surface area contributed by atoms with Gasteiger partial charge < -0.3 is 10.1 Å². The number of hydrogen-bond donors (Lipinski definition) is 1. The summed E-state index contributed by atoms with van der Waals surface area (Å²) in [5, 5.41) is 2.99. The molecule has 6 heteroatoms. The van der Waals surface area contributed by atoms with E-state index in [1.54, 1.807) is 12.1 Å². The molecule has 0 aliphatic heterocycles. The van der Waals surface area contributed by atoms with Gasteiger partial charge in [-0.1, -0.05) is 11.6 Å². The summed E-state index contributed by atoms with van der Waals surface area (Å²) in [6.45, 7) is 5.21. The van der Waals surface area contributed by atoms with Crippen molar-refractivity contribution < 1.29 is 14.3 Å². The summed E-state index contributed by atoms with van der Waals surface area (Å²) in [4.78, 5) is 24.6. The second-order valence-electron chi connectivity index (χ2n) is 4.56. The lowest BCUT2D eigenvalue weighted by Gasteiger charge is -2.16. The van der Waals surface area contributed by atoms with E-state index in [2.05, 4.69) is 5.32 Å². The lowest BCUT2D eigenvalue weighted by molar-refractivity contribution is -0.129. The number of ether oxygens (including phenoxy) is 1. The first-order valence-corrected chi connectivity index (χ1v) is 7.80. The minimum absolute atomic E-state index is 0.00735. The van der Waals surface area contributed by atoms with Crippen LogP contribution >= 0.6 is 23.4 Å². The van der Waals surface area contributed by atoms with Crippen LogP contribution in [0.1, 0.15) is 31.1 Å². The van der Waals surface area contributed by atoms with Crippen molar-refractivity contribution >= 4 is 35.2 Å². The van der Waals surface area contributed by atoms with Crippen LogP contribution in [0.5, 0.6) is 0 Å². The van der Waals surface area contributed by atoms with E-state index in [1.807, 2.05) is 26.2 Å². The van der Waals surface area contributed by atoms with Crippen molar-refractivity contribution in [1.29, 1.82) is 0 Å².